The highest BCUT2D eigenvalue weighted by Crippen LogP contribution is 2.31. The molecular formula is C18H15F3N2O2. The molecule has 1 aromatic heterocycles. The molecule has 130 valence electrons. The van der Waals surface area contributed by atoms with Gasteiger partial charge in [-0.15, -0.1) is 0 Å². The van der Waals surface area contributed by atoms with Crippen molar-refractivity contribution >= 4 is 11.8 Å². The first-order valence-electron chi connectivity index (χ1n) is 7.74. The van der Waals surface area contributed by atoms with Crippen molar-refractivity contribution in [1.29, 1.82) is 0 Å². The average molecular weight is 348 g/mol. The summed E-state index contributed by atoms with van der Waals surface area (Å²) in [5.74, 6) is -1.30. The number of amides is 2. The van der Waals surface area contributed by atoms with Crippen molar-refractivity contribution in [2.75, 3.05) is 0 Å². The van der Waals surface area contributed by atoms with Crippen molar-refractivity contribution in [3.8, 4) is 0 Å². The Morgan fingerprint density at radius 1 is 1.12 bits per heavy atom. The van der Waals surface area contributed by atoms with Crippen LogP contribution >= 0.6 is 0 Å². The molecule has 0 spiro atoms. The lowest BCUT2D eigenvalue weighted by molar-refractivity contribution is -0.140. The summed E-state index contributed by atoms with van der Waals surface area (Å²) in [4.78, 5) is 29.7. The van der Waals surface area contributed by atoms with Gasteiger partial charge in [0.25, 0.3) is 0 Å². The first kappa shape index (κ1) is 17.1. The Morgan fingerprint density at radius 2 is 1.88 bits per heavy atom. The predicted octanol–water partition coefficient (Wildman–Crippen LogP) is 3.22. The lowest BCUT2D eigenvalue weighted by Crippen LogP contribution is -2.30. The molecule has 0 radical (unpaired) electrons. The number of carbonyl (C=O) groups is 2. The highest BCUT2D eigenvalue weighted by Gasteiger charge is 2.38. The summed E-state index contributed by atoms with van der Waals surface area (Å²) in [6.07, 6.45) is -1.15. The van der Waals surface area contributed by atoms with Gasteiger partial charge in [-0.05, 0) is 29.7 Å². The van der Waals surface area contributed by atoms with Crippen molar-refractivity contribution in [2.24, 2.45) is 5.92 Å². The van der Waals surface area contributed by atoms with E-state index in [1.54, 1.807) is 24.5 Å². The van der Waals surface area contributed by atoms with Crippen LogP contribution in [-0.4, -0.2) is 21.7 Å². The maximum atomic E-state index is 12.8. The number of carbonyl (C=O) groups excluding carboxylic acids is 2. The third kappa shape index (κ3) is 3.87. The first-order valence-corrected chi connectivity index (χ1v) is 7.74. The van der Waals surface area contributed by atoms with Gasteiger partial charge in [0.2, 0.25) is 11.8 Å². The minimum atomic E-state index is -4.43. The molecule has 1 aliphatic rings. The maximum absolute atomic E-state index is 12.8. The largest absolute Gasteiger partial charge is 0.416 e. The Bertz CT molecular complexity index is 790. The summed E-state index contributed by atoms with van der Waals surface area (Å²) in [6.45, 7) is 0.130. The van der Waals surface area contributed by atoms with Crippen LogP contribution in [0.5, 0.6) is 0 Å². The molecule has 4 nitrogen and oxygen atoms in total. The molecule has 1 unspecified atom stereocenters. The predicted molar refractivity (Wildman–Crippen MR) is 83.0 cm³/mol. The van der Waals surface area contributed by atoms with Crippen molar-refractivity contribution in [3.05, 3.63) is 65.5 Å². The summed E-state index contributed by atoms with van der Waals surface area (Å²) in [7, 11) is 0. The third-order valence-corrected chi connectivity index (χ3v) is 4.14. The van der Waals surface area contributed by atoms with E-state index in [1.807, 2.05) is 0 Å². The van der Waals surface area contributed by atoms with Gasteiger partial charge < -0.3 is 0 Å². The van der Waals surface area contributed by atoms with Gasteiger partial charge >= 0.3 is 6.18 Å². The zero-order valence-corrected chi connectivity index (χ0v) is 13.2. The number of hydrogen-bond acceptors (Lipinski definition) is 3. The van der Waals surface area contributed by atoms with Gasteiger partial charge in [-0.1, -0.05) is 24.3 Å². The minimum absolute atomic E-state index is 0.00927. The number of rotatable bonds is 4. The van der Waals surface area contributed by atoms with Gasteiger partial charge in [0.1, 0.15) is 0 Å². The summed E-state index contributed by atoms with van der Waals surface area (Å²) in [5, 5.41) is 0. The number of pyridine rings is 1. The van der Waals surface area contributed by atoms with Gasteiger partial charge in [0, 0.05) is 18.8 Å². The topological polar surface area (TPSA) is 50.3 Å². The van der Waals surface area contributed by atoms with E-state index in [2.05, 4.69) is 4.98 Å². The molecule has 1 atom stereocenters. The molecular weight excluding hydrogens is 333 g/mol. The summed E-state index contributed by atoms with van der Waals surface area (Å²) in [6, 6.07) is 8.33. The second kappa shape index (κ2) is 6.66. The summed E-state index contributed by atoms with van der Waals surface area (Å²) in [5.41, 5.74) is 0.363. The highest BCUT2D eigenvalue weighted by molar-refractivity contribution is 6.03. The van der Waals surface area contributed by atoms with Crippen LogP contribution in [0.25, 0.3) is 0 Å². The molecule has 1 aliphatic heterocycles. The SMILES string of the molecule is O=C1CC(Cc2cccc(C(F)(F)F)c2)C(=O)N1Cc1cccnc1. The van der Waals surface area contributed by atoms with Crippen LogP contribution in [0, 0.1) is 5.92 Å². The number of likely N-dealkylation sites (tertiary alicyclic amines) is 1. The zero-order valence-electron chi connectivity index (χ0n) is 13.2. The zero-order chi connectivity index (χ0) is 18.0. The molecule has 0 saturated carbocycles. The van der Waals surface area contributed by atoms with Gasteiger partial charge in [0.15, 0.2) is 0 Å². The molecule has 2 aromatic rings. The Morgan fingerprint density at radius 3 is 2.56 bits per heavy atom. The number of aromatic nitrogens is 1. The van der Waals surface area contributed by atoms with Crippen molar-refractivity contribution in [3.63, 3.8) is 0 Å². The normalized spacial score (nSPS) is 18.0. The van der Waals surface area contributed by atoms with Crippen molar-refractivity contribution < 1.29 is 22.8 Å². The molecule has 1 saturated heterocycles. The molecule has 1 fully saturated rings. The monoisotopic (exact) mass is 348 g/mol. The van der Waals surface area contributed by atoms with Crippen LogP contribution in [0.3, 0.4) is 0 Å². The number of alkyl halides is 3. The molecule has 3 rings (SSSR count). The summed E-state index contributed by atoms with van der Waals surface area (Å²) < 4.78 is 38.4. The van der Waals surface area contributed by atoms with E-state index in [4.69, 9.17) is 0 Å². The second-order valence-electron chi connectivity index (χ2n) is 5.98. The van der Waals surface area contributed by atoms with Gasteiger partial charge in [-0.25, -0.2) is 0 Å². The second-order valence-corrected chi connectivity index (χ2v) is 5.98. The van der Waals surface area contributed by atoms with E-state index in [1.165, 1.54) is 12.1 Å². The lowest BCUT2D eigenvalue weighted by Gasteiger charge is -2.15. The van der Waals surface area contributed by atoms with Crippen molar-refractivity contribution in [2.45, 2.75) is 25.6 Å². The number of halogens is 3. The molecule has 7 heteroatoms. The van der Waals surface area contributed by atoms with Gasteiger partial charge in [-0.2, -0.15) is 13.2 Å². The van der Waals surface area contributed by atoms with Crippen LogP contribution in [0.1, 0.15) is 23.1 Å². The van der Waals surface area contributed by atoms with Crippen LogP contribution in [0.4, 0.5) is 13.2 Å². The third-order valence-electron chi connectivity index (χ3n) is 4.14. The fourth-order valence-electron chi connectivity index (χ4n) is 2.91. The Kier molecular flexibility index (Phi) is 4.57. The fraction of sp³-hybridized carbons (Fsp3) is 0.278. The Labute approximate surface area is 142 Å². The molecule has 2 amide bonds. The van der Waals surface area contributed by atoms with Crippen LogP contribution < -0.4 is 0 Å². The standard InChI is InChI=1S/C18H15F3N2O2/c19-18(20,21)15-5-1-3-12(8-15)7-14-9-16(24)23(17(14)25)11-13-4-2-6-22-10-13/h1-6,8,10,14H,7,9,11H2. The number of nitrogens with zero attached hydrogens (tertiary/aromatic N) is 2. The van der Waals surface area contributed by atoms with Gasteiger partial charge in [0.05, 0.1) is 18.0 Å². The molecule has 1 aromatic carbocycles. The quantitative estimate of drug-likeness (QED) is 0.797. The smallest absolute Gasteiger partial charge is 0.278 e. The number of benzene rings is 1. The molecule has 0 bridgehead atoms. The Balaban J connectivity index is 1.72. The minimum Gasteiger partial charge on any atom is -0.278 e. The number of hydrogen-bond donors (Lipinski definition) is 0. The van der Waals surface area contributed by atoms with E-state index in [0.717, 1.165) is 22.6 Å². The van der Waals surface area contributed by atoms with Crippen molar-refractivity contribution in [1.82, 2.24) is 9.88 Å². The fourth-order valence-corrected chi connectivity index (χ4v) is 2.91. The number of imide groups is 1. The maximum Gasteiger partial charge on any atom is 0.416 e. The van der Waals surface area contributed by atoms with Crippen LogP contribution in [0.2, 0.25) is 0 Å². The van der Waals surface area contributed by atoms with E-state index in [-0.39, 0.29) is 31.2 Å². The first-order chi connectivity index (χ1) is 11.8. The van der Waals surface area contributed by atoms with Crippen LogP contribution in [0.15, 0.2) is 48.8 Å². The van der Waals surface area contributed by atoms with E-state index in [0.29, 0.717) is 5.56 Å². The van der Waals surface area contributed by atoms with Crippen LogP contribution in [-0.2, 0) is 28.7 Å². The molecule has 25 heavy (non-hydrogen) atoms. The van der Waals surface area contributed by atoms with E-state index in [9.17, 15) is 22.8 Å². The molecule has 0 N–H and O–H groups in total. The molecule has 2 heterocycles. The molecule has 0 aliphatic carbocycles. The van der Waals surface area contributed by atoms with E-state index >= 15 is 0 Å². The van der Waals surface area contributed by atoms with Gasteiger partial charge in [-0.3, -0.25) is 19.5 Å². The highest BCUT2D eigenvalue weighted by atomic mass is 19.4. The Hall–Kier alpha value is -2.70. The van der Waals surface area contributed by atoms with E-state index < -0.39 is 17.7 Å². The average Bonchev–Trinajstić information content (AvgIpc) is 2.83. The summed E-state index contributed by atoms with van der Waals surface area (Å²) >= 11 is 0. The lowest BCUT2D eigenvalue weighted by atomic mass is 9.96.